The fourth-order valence-corrected chi connectivity index (χ4v) is 8.40. The maximum atomic E-state index is 12.9. The molecule has 0 N–H and O–H groups in total. The second-order valence-electron chi connectivity index (χ2n) is 20.2. The Hall–Kier alpha value is -4.19. The molecule has 0 heterocycles. The molecule has 0 bridgehead atoms. The molecular weight excluding hydrogens is 925 g/mol. The van der Waals surface area contributed by atoms with Gasteiger partial charge in [0.1, 0.15) is 13.2 Å². The van der Waals surface area contributed by atoms with E-state index in [1.54, 1.807) is 0 Å². The van der Waals surface area contributed by atoms with Gasteiger partial charge in [-0.2, -0.15) is 0 Å². The van der Waals surface area contributed by atoms with Crippen molar-refractivity contribution in [1.29, 1.82) is 0 Å². The minimum Gasteiger partial charge on any atom is -0.462 e. The van der Waals surface area contributed by atoms with Crippen molar-refractivity contribution in [3.05, 3.63) is 122 Å². The molecule has 0 aliphatic rings. The molecule has 0 aromatic heterocycles. The summed E-state index contributed by atoms with van der Waals surface area (Å²) >= 11 is 0. The number of unbranched alkanes of at least 4 members (excludes halogenated alkanes) is 24. The van der Waals surface area contributed by atoms with Gasteiger partial charge >= 0.3 is 17.9 Å². The predicted molar refractivity (Wildman–Crippen MR) is 325 cm³/mol. The molecule has 0 saturated heterocycles. The van der Waals surface area contributed by atoms with Crippen LogP contribution in [0.4, 0.5) is 0 Å². The van der Waals surface area contributed by atoms with E-state index in [0.29, 0.717) is 19.3 Å². The summed E-state index contributed by atoms with van der Waals surface area (Å²) in [5.41, 5.74) is 0. The highest BCUT2D eigenvalue weighted by molar-refractivity contribution is 5.71. The van der Waals surface area contributed by atoms with Gasteiger partial charge in [-0.15, -0.1) is 0 Å². The van der Waals surface area contributed by atoms with Gasteiger partial charge in [0.2, 0.25) is 0 Å². The first-order valence-electron chi connectivity index (χ1n) is 31.0. The third kappa shape index (κ3) is 60.6. The molecule has 0 aliphatic heterocycles. The molecule has 0 fully saturated rings. The Kier molecular flexibility index (Phi) is 58.9. The lowest BCUT2D eigenvalue weighted by Crippen LogP contribution is -2.30. The Morgan fingerprint density at radius 1 is 0.267 bits per heavy atom. The maximum Gasteiger partial charge on any atom is 0.306 e. The molecule has 1 unspecified atom stereocenters. The van der Waals surface area contributed by atoms with Gasteiger partial charge in [-0.3, -0.25) is 14.4 Å². The quantitative estimate of drug-likeness (QED) is 0.0261. The van der Waals surface area contributed by atoms with E-state index in [0.717, 1.165) is 148 Å². The van der Waals surface area contributed by atoms with E-state index in [-0.39, 0.29) is 31.1 Å². The summed E-state index contributed by atoms with van der Waals surface area (Å²) in [7, 11) is 0. The van der Waals surface area contributed by atoms with Crippen molar-refractivity contribution in [3.8, 4) is 0 Å². The molecule has 0 rings (SSSR count). The first-order valence-corrected chi connectivity index (χ1v) is 31.0. The lowest BCUT2D eigenvalue weighted by Gasteiger charge is -2.18. The highest BCUT2D eigenvalue weighted by Gasteiger charge is 2.19. The highest BCUT2D eigenvalue weighted by Crippen LogP contribution is 2.16. The molecular formula is C69H114O6. The number of rotatable bonds is 55. The summed E-state index contributed by atoms with van der Waals surface area (Å²) in [5.74, 6) is -0.916. The summed E-state index contributed by atoms with van der Waals surface area (Å²) in [4.78, 5) is 38.3. The van der Waals surface area contributed by atoms with Crippen LogP contribution in [0.3, 0.4) is 0 Å². The van der Waals surface area contributed by atoms with Crippen LogP contribution in [0.15, 0.2) is 122 Å². The number of carbonyl (C=O) groups excluding carboxylic acids is 3. The fourth-order valence-electron chi connectivity index (χ4n) is 8.40. The smallest absolute Gasteiger partial charge is 0.306 e. The topological polar surface area (TPSA) is 78.9 Å². The summed E-state index contributed by atoms with van der Waals surface area (Å²) in [6, 6.07) is 0. The van der Waals surface area contributed by atoms with E-state index >= 15 is 0 Å². The molecule has 6 nitrogen and oxygen atoms in total. The highest BCUT2D eigenvalue weighted by atomic mass is 16.6. The zero-order valence-electron chi connectivity index (χ0n) is 48.8. The van der Waals surface area contributed by atoms with Crippen LogP contribution < -0.4 is 0 Å². The second kappa shape index (κ2) is 62.4. The Balaban J connectivity index is 4.36. The van der Waals surface area contributed by atoms with Gasteiger partial charge in [-0.05, 0) is 122 Å². The predicted octanol–water partition coefficient (Wildman–Crippen LogP) is 21.2. The SMILES string of the molecule is CC/C=C\C/C=C\C/C=C\C/C=C\CCCCCCCCCCCCCCC(=O)OCC(COC(=O)CCCCCCC/C=C\C/C=C\C/C=C\CC)OC(=O)CCCCCCCCC/C=C\C/C=C\C/C=C\CC. The first-order chi connectivity index (χ1) is 37.0. The van der Waals surface area contributed by atoms with Gasteiger partial charge < -0.3 is 14.2 Å². The molecule has 6 heteroatoms. The van der Waals surface area contributed by atoms with E-state index in [4.69, 9.17) is 14.2 Å². The fraction of sp³-hybridized carbons (Fsp3) is 0.667. The van der Waals surface area contributed by atoms with Gasteiger partial charge in [0.25, 0.3) is 0 Å². The van der Waals surface area contributed by atoms with Crippen molar-refractivity contribution >= 4 is 17.9 Å². The van der Waals surface area contributed by atoms with Crippen LogP contribution in [0.25, 0.3) is 0 Å². The van der Waals surface area contributed by atoms with Crippen LogP contribution in [0.5, 0.6) is 0 Å². The van der Waals surface area contributed by atoms with Crippen molar-refractivity contribution in [2.45, 2.75) is 284 Å². The molecule has 0 radical (unpaired) electrons. The van der Waals surface area contributed by atoms with Crippen molar-refractivity contribution in [2.75, 3.05) is 13.2 Å². The number of hydrogen-bond acceptors (Lipinski definition) is 6. The van der Waals surface area contributed by atoms with Crippen LogP contribution in [-0.4, -0.2) is 37.2 Å². The molecule has 0 aliphatic carbocycles. The monoisotopic (exact) mass is 1040 g/mol. The summed E-state index contributed by atoms with van der Waals surface area (Å²) in [6.45, 7) is 6.29. The van der Waals surface area contributed by atoms with E-state index in [2.05, 4.69) is 142 Å². The second-order valence-corrected chi connectivity index (χ2v) is 20.2. The van der Waals surface area contributed by atoms with E-state index in [1.807, 2.05) is 0 Å². The van der Waals surface area contributed by atoms with E-state index in [1.165, 1.54) is 89.9 Å². The van der Waals surface area contributed by atoms with Crippen LogP contribution >= 0.6 is 0 Å². The van der Waals surface area contributed by atoms with E-state index in [9.17, 15) is 14.4 Å². The average molecular weight is 1040 g/mol. The molecule has 0 saturated carbocycles. The maximum absolute atomic E-state index is 12.9. The van der Waals surface area contributed by atoms with Gasteiger partial charge in [-0.25, -0.2) is 0 Å². The molecule has 1 atom stereocenters. The van der Waals surface area contributed by atoms with Gasteiger partial charge in [0.15, 0.2) is 6.10 Å². The Bertz CT molecular complexity index is 1570. The number of carbonyl (C=O) groups is 3. The van der Waals surface area contributed by atoms with E-state index < -0.39 is 6.10 Å². The first kappa shape index (κ1) is 70.8. The van der Waals surface area contributed by atoms with Gasteiger partial charge in [-0.1, -0.05) is 258 Å². The van der Waals surface area contributed by atoms with Crippen molar-refractivity contribution in [2.24, 2.45) is 0 Å². The molecule has 0 aromatic rings. The van der Waals surface area contributed by atoms with Crippen LogP contribution in [0, 0.1) is 0 Å². The molecule has 0 aromatic carbocycles. The largest absolute Gasteiger partial charge is 0.462 e. The molecule has 0 spiro atoms. The zero-order valence-corrected chi connectivity index (χ0v) is 48.8. The third-order valence-corrected chi connectivity index (χ3v) is 12.9. The number of allylic oxidation sites excluding steroid dienone is 20. The van der Waals surface area contributed by atoms with Gasteiger partial charge in [0.05, 0.1) is 0 Å². The Morgan fingerprint density at radius 2 is 0.480 bits per heavy atom. The average Bonchev–Trinajstić information content (AvgIpc) is 3.41. The molecule has 426 valence electrons. The van der Waals surface area contributed by atoms with Crippen molar-refractivity contribution < 1.29 is 28.6 Å². The number of esters is 3. The molecule has 0 amide bonds. The van der Waals surface area contributed by atoms with Crippen LogP contribution in [-0.2, 0) is 28.6 Å². The standard InChI is InChI=1S/C69H114O6/c1-4-7-10-13-16-19-22-25-28-30-31-32-33-34-35-36-37-39-41-44-47-50-53-56-59-62-68(71)74-65-66(64-73-67(70)61-58-55-52-49-46-43-40-27-24-21-18-15-12-9-6-3)75-69(72)63-60-57-54-51-48-45-42-38-29-26-23-20-17-14-11-8-5-2/h7-12,16-21,25-29,31-32,40,66H,4-6,13-15,22-24,30,33-39,41-65H2,1-3H3/b10-7-,11-8-,12-9-,19-16-,20-17-,21-18-,28-25-,29-26-,32-31-,40-27-. The lowest BCUT2D eigenvalue weighted by atomic mass is 10.0. The number of hydrogen-bond donors (Lipinski definition) is 0. The normalized spacial score (nSPS) is 12.9. The molecule has 75 heavy (non-hydrogen) atoms. The van der Waals surface area contributed by atoms with Crippen molar-refractivity contribution in [1.82, 2.24) is 0 Å². The Labute approximate surface area is 462 Å². The van der Waals surface area contributed by atoms with Crippen LogP contribution in [0.1, 0.15) is 278 Å². The van der Waals surface area contributed by atoms with Crippen LogP contribution in [0.2, 0.25) is 0 Å². The summed E-state index contributed by atoms with van der Waals surface area (Å²) in [5, 5.41) is 0. The minimum atomic E-state index is -0.795. The van der Waals surface area contributed by atoms with Gasteiger partial charge in [0, 0.05) is 19.3 Å². The zero-order chi connectivity index (χ0) is 54.3. The third-order valence-electron chi connectivity index (χ3n) is 12.9. The van der Waals surface area contributed by atoms with Crippen molar-refractivity contribution in [3.63, 3.8) is 0 Å². The summed E-state index contributed by atoms with van der Waals surface area (Å²) < 4.78 is 16.9. The lowest BCUT2D eigenvalue weighted by molar-refractivity contribution is -0.167. The minimum absolute atomic E-state index is 0.0906. The Morgan fingerprint density at radius 3 is 0.747 bits per heavy atom. The number of ether oxygens (including phenoxy) is 3. The summed E-state index contributed by atoms with van der Waals surface area (Å²) in [6.07, 6.45) is 86.3.